The third kappa shape index (κ3) is 6.23. The van der Waals surface area contributed by atoms with Crippen molar-refractivity contribution < 1.29 is 4.42 Å². The molecule has 2 N–H and O–H groups in total. The lowest BCUT2D eigenvalue weighted by Gasteiger charge is -2.25. The Bertz CT molecular complexity index is 3990. The van der Waals surface area contributed by atoms with Crippen molar-refractivity contribution in [2.24, 2.45) is 0 Å². The minimum Gasteiger partial charge on any atom is -0.456 e. The lowest BCUT2D eigenvalue weighted by atomic mass is 9.81. The Balaban J connectivity index is 0.000000135. The number of fused-ring (bicyclic) bond motifs is 14. The maximum Gasteiger partial charge on any atom is 0.136 e. The summed E-state index contributed by atoms with van der Waals surface area (Å²) in [4.78, 5) is 4.75. The normalized spacial score (nSPS) is 13.8. The van der Waals surface area contributed by atoms with E-state index in [9.17, 15) is 0 Å². The summed E-state index contributed by atoms with van der Waals surface area (Å²) < 4.78 is 8.75. The zero-order valence-corrected chi connectivity index (χ0v) is 39.1. The number of rotatable bonds is 5. The van der Waals surface area contributed by atoms with E-state index in [1.165, 1.54) is 86.8 Å². The van der Waals surface area contributed by atoms with Crippen LogP contribution < -0.4 is 10.6 Å². The van der Waals surface area contributed by atoms with Gasteiger partial charge in [0.25, 0.3) is 0 Å². The summed E-state index contributed by atoms with van der Waals surface area (Å²) in [5.74, 6) is 0.825. The highest BCUT2D eigenvalue weighted by Crippen LogP contribution is 2.53. The highest BCUT2D eigenvalue weighted by Gasteiger charge is 2.38. The Labute approximate surface area is 399 Å². The van der Waals surface area contributed by atoms with Gasteiger partial charge in [-0.3, -0.25) is 0 Å². The number of aromatic nitrogens is 1. The van der Waals surface area contributed by atoms with E-state index in [2.05, 4.69) is 202 Å². The lowest BCUT2D eigenvalue weighted by molar-refractivity contribution is 0.660. The van der Waals surface area contributed by atoms with Crippen molar-refractivity contribution in [2.45, 2.75) is 38.5 Å². The van der Waals surface area contributed by atoms with Gasteiger partial charge >= 0.3 is 0 Å². The van der Waals surface area contributed by atoms with Crippen LogP contribution in [0.25, 0.3) is 86.3 Å². The van der Waals surface area contributed by atoms with Crippen LogP contribution in [0.5, 0.6) is 0 Å². The number of pyridine rings is 1. The Morgan fingerprint density at radius 3 is 1.96 bits per heavy atom. The predicted octanol–water partition coefficient (Wildman–Crippen LogP) is 18.0. The number of thiophene rings is 1. The van der Waals surface area contributed by atoms with E-state index in [1.807, 2.05) is 47.9 Å². The number of nitrogens with zero attached hydrogens (tertiary/aromatic N) is 1. The molecule has 0 amide bonds. The molecule has 0 radical (unpaired) electrons. The molecule has 4 nitrogen and oxygen atoms in total. The Morgan fingerprint density at radius 1 is 0.456 bits per heavy atom. The molecule has 2 aliphatic carbocycles. The van der Waals surface area contributed by atoms with Crippen LogP contribution in [-0.4, -0.2) is 4.98 Å². The lowest BCUT2D eigenvalue weighted by Crippen LogP contribution is -2.16. The van der Waals surface area contributed by atoms with E-state index in [0.29, 0.717) is 0 Å². The Morgan fingerprint density at radius 2 is 1.12 bits per heavy atom. The summed E-state index contributed by atoms with van der Waals surface area (Å²) in [5, 5.41) is 14.9. The van der Waals surface area contributed by atoms with E-state index in [-0.39, 0.29) is 10.8 Å². The van der Waals surface area contributed by atoms with Crippen LogP contribution in [0.3, 0.4) is 0 Å². The fraction of sp³-hybridized carbons (Fsp3) is 0.0952. The standard InChI is InChI=1S/C32H24N2O.C31H23NS/c1-32(2)26-11-5-3-8-23(26)24-16-15-21(18-27(24)32)34-30-17-14-20(19-33-30)22-10-7-13-29-31(22)25-9-4-6-12-28(25)35-29;1-31(2)24-13-6-5-11-21(24)22-12-7-15-26(29(22)31)32-25-14-8-16-27-28(25)23-18-17-19-9-3-4-10-20(19)30(23)33-27/h3-19H,1-2H3,(H,33,34);3-18,32H,1-2H3. The highest BCUT2D eigenvalue weighted by molar-refractivity contribution is 7.26. The molecule has 0 aliphatic heterocycles. The van der Waals surface area contributed by atoms with Crippen molar-refractivity contribution in [2.75, 3.05) is 10.6 Å². The van der Waals surface area contributed by atoms with Gasteiger partial charge in [-0.2, -0.15) is 0 Å². The summed E-state index contributed by atoms with van der Waals surface area (Å²) in [6, 6.07) is 69.3. The Kier molecular flexibility index (Phi) is 9.05. The largest absolute Gasteiger partial charge is 0.456 e. The summed E-state index contributed by atoms with van der Waals surface area (Å²) in [6.45, 7) is 9.29. The van der Waals surface area contributed by atoms with Crippen LogP contribution in [0.4, 0.5) is 22.9 Å². The third-order valence-corrected chi connectivity index (χ3v) is 15.8. The highest BCUT2D eigenvalue weighted by atomic mass is 32.1. The number of para-hydroxylation sites is 1. The van der Waals surface area contributed by atoms with Crippen LogP contribution >= 0.6 is 11.3 Å². The molecule has 14 rings (SSSR count). The van der Waals surface area contributed by atoms with E-state index < -0.39 is 0 Å². The van der Waals surface area contributed by atoms with Gasteiger partial charge in [-0.15, -0.1) is 11.3 Å². The SMILES string of the molecule is CC1(C)c2ccccc2-c2ccc(Nc3ccc(-c4cccc5oc6ccccc6c45)cn3)cc21.CC1(C)c2ccccc2-c2cccc(Nc3cccc4sc5c6ccccc6ccc5c34)c21. The van der Waals surface area contributed by atoms with E-state index in [0.717, 1.165) is 44.6 Å². The molecule has 9 aromatic carbocycles. The maximum absolute atomic E-state index is 6.06. The molecule has 0 saturated carbocycles. The van der Waals surface area contributed by atoms with Crippen LogP contribution in [0.15, 0.2) is 205 Å². The van der Waals surface area contributed by atoms with Crippen molar-refractivity contribution in [1.82, 2.24) is 4.98 Å². The Hall–Kier alpha value is -7.99. The molecule has 0 saturated heterocycles. The van der Waals surface area contributed by atoms with Crippen molar-refractivity contribution in [1.29, 1.82) is 0 Å². The van der Waals surface area contributed by atoms with Gasteiger partial charge < -0.3 is 15.1 Å². The minimum absolute atomic E-state index is 0.0209. The van der Waals surface area contributed by atoms with E-state index in [4.69, 9.17) is 9.40 Å². The molecule has 5 heteroatoms. The summed E-state index contributed by atoms with van der Waals surface area (Å²) in [5.41, 5.74) is 18.2. The van der Waals surface area contributed by atoms with Crippen molar-refractivity contribution in [3.05, 3.63) is 223 Å². The van der Waals surface area contributed by atoms with Crippen molar-refractivity contribution >= 4 is 87.1 Å². The molecule has 2 aliphatic rings. The second-order valence-corrected chi connectivity index (χ2v) is 20.3. The van der Waals surface area contributed by atoms with E-state index >= 15 is 0 Å². The second-order valence-electron chi connectivity index (χ2n) is 19.2. The molecule has 12 aromatic rings. The molecule has 0 atom stereocenters. The monoisotopic (exact) mass is 893 g/mol. The molecule has 326 valence electrons. The zero-order chi connectivity index (χ0) is 45.7. The first-order chi connectivity index (χ1) is 33.2. The molecule has 0 fully saturated rings. The number of nitrogens with one attached hydrogen (secondary N) is 2. The minimum atomic E-state index is -0.0453. The topological polar surface area (TPSA) is 50.1 Å². The number of hydrogen-bond acceptors (Lipinski definition) is 5. The fourth-order valence-electron chi connectivity index (χ4n) is 11.3. The number of benzene rings is 9. The second kappa shape index (κ2) is 15.3. The van der Waals surface area contributed by atoms with Crippen LogP contribution in [0.1, 0.15) is 49.9 Å². The van der Waals surface area contributed by atoms with Crippen LogP contribution in [-0.2, 0) is 10.8 Å². The first kappa shape index (κ1) is 40.3. The molecule has 3 heterocycles. The van der Waals surface area contributed by atoms with Gasteiger partial charge in [0.1, 0.15) is 17.0 Å². The predicted molar refractivity (Wildman–Crippen MR) is 288 cm³/mol. The van der Waals surface area contributed by atoms with Gasteiger partial charge in [0.15, 0.2) is 0 Å². The fourth-order valence-corrected chi connectivity index (χ4v) is 12.6. The van der Waals surface area contributed by atoms with E-state index in [1.54, 1.807) is 0 Å². The quantitative estimate of drug-likeness (QED) is 0.181. The number of hydrogen-bond donors (Lipinski definition) is 2. The number of anilines is 4. The summed E-state index contributed by atoms with van der Waals surface area (Å²) in [7, 11) is 0. The van der Waals surface area contributed by atoms with Gasteiger partial charge in [-0.1, -0.05) is 167 Å². The van der Waals surface area contributed by atoms with Crippen molar-refractivity contribution in [3.63, 3.8) is 0 Å². The first-order valence-corrected chi connectivity index (χ1v) is 24.3. The van der Waals surface area contributed by atoms with Crippen LogP contribution in [0.2, 0.25) is 0 Å². The smallest absolute Gasteiger partial charge is 0.136 e. The molecular weight excluding hydrogens is 847 g/mol. The average Bonchev–Trinajstić information content (AvgIpc) is 4.08. The number of furan rings is 1. The first-order valence-electron chi connectivity index (χ1n) is 23.4. The summed E-state index contributed by atoms with van der Waals surface area (Å²) >= 11 is 1.89. The molecule has 3 aromatic heterocycles. The third-order valence-electron chi connectivity index (χ3n) is 14.6. The van der Waals surface area contributed by atoms with Crippen molar-refractivity contribution in [3.8, 4) is 33.4 Å². The van der Waals surface area contributed by atoms with Gasteiger partial charge in [0.2, 0.25) is 0 Å². The maximum atomic E-state index is 6.06. The molecule has 0 unspecified atom stereocenters. The molecule has 0 spiro atoms. The molecule has 0 bridgehead atoms. The van der Waals surface area contributed by atoms with Gasteiger partial charge in [0.05, 0.1) is 0 Å². The molecular formula is C63H47N3OS. The average molecular weight is 894 g/mol. The van der Waals surface area contributed by atoms with Gasteiger partial charge in [0, 0.05) is 70.6 Å². The molecule has 68 heavy (non-hydrogen) atoms. The van der Waals surface area contributed by atoms with Gasteiger partial charge in [-0.05, 0) is 115 Å². The zero-order valence-electron chi connectivity index (χ0n) is 38.3. The van der Waals surface area contributed by atoms with Crippen LogP contribution in [0, 0.1) is 0 Å². The summed E-state index contributed by atoms with van der Waals surface area (Å²) in [6.07, 6.45) is 1.94. The van der Waals surface area contributed by atoms with Gasteiger partial charge in [-0.25, -0.2) is 4.98 Å².